The highest BCUT2D eigenvalue weighted by molar-refractivity contribution is 5.90. The molecule has 0 radical (unpaired) electrons. The zero-order chi connectivity index (χ0) is 20.4. The van der Waals surface area contributed by atoms with E-state index in [9.17, 15) is 14.7 Å². The summed E-state index contributed by atoms with van der Waals surface area (Å²) in [5.41, 5.74) is 7.97. The SMILES string of the molecule is NC(=O)C1CCCN1C(C(=O)O)c1c[nH]c2cc(OCc3ccccc3)ccc12. The van der Waals surface area contributed by atoms with E-state index in [1.54, 1.807) is 11.1 Å². The summed E-state index contributed by atoms with van der Waals surface area (Å²) in [7, 11) is 0. The Bertz CT molecular complexity index is 1030. The van der Waals surface area contributed by atoms with Crippen LogP contribution in [0.15, 0.2) is 54.7 Å². The van der Waals surface area contributed by atoms with E-state index >= 15 is 0 Å². The zero-order valence-corrected chi connectivity index (χ0v) is 15.9. The molecule has 1 saturated heterocycles. The average Bonchev–Trinajstić information content (AvgIpc) is 3.35. The summed E-state index contributed by atoms with van der Waals surface area (Å²) >= 11 is 0. The van der Waals surface area contributed by atoms with Crippen molar-refractivity contribution in [1.29, 1.82) is 0 Å². The number of benzene rings is 2. The fraction of sp³-hybridized carbons (Fsp3) is 0.273. The number of nitrogens with zero attached hydrogens (tertiary/aromatic N) is 1. The van der Waals surface area contributed by atoms with Gasteiger partial charge in [-0.25, -0.2) is 0 Å². The number of aromatic nitrogens is 1. The number of hydrogen-bond donors (Lipinski definition) is 3. The minimum absolute atomic E-state index is 0.450. The van der Waals surface area contributed by atoms with Crippen molar-refractivity contribution in [2.45, 2.75) is 31.5 Å². The van der Waals surface area contributed by atoms with Crippen molar-refractivity contribution in [3.8, 4) is 5.75 Å². The molecule has 1 aliphatic rings. The smallest absolute Gasteiger partial charge is 0.325 e. The Balaban J connectivity index is 1.60. The molecule has 29 heavy (non-hydrogen) atoms. The van der Waals surface area contributed by atoms with Crippen molar-refractivity contribution in [2.24, 2.45) is 5.73 Å². The molecule has 2 heterocycles. The van der Waals surface area contributed by atoms with Gasteiger partial charge in [0.05, 0.1) is 6.04 Å². The Morgan fingerprint density at radius 1 is 1.24 bits per heavy atom. The van der Waals surface area contributed by atoms with Gasteiger partial charge in [0.1, 0.15) is 18.4 Å². The molecule has 2 aromatic carbocycles. The quantitative estimate of drug-likeness (QED) is 0.572. The van der Waals surface area contributed by atoms with E-state index in [-0.39, 0.29) is 0 Å². The summed E-state index contributed by atoms with van der Waals surface area (Å²) in [5, 5.41) is 10.7. The standard InChI is InChI=1S/C22H23N3O4/c23-21(26)19-7-4-10-25(19)20(22(27)28)17-12-24-18-11-15(8-9-16(17)18)29-13-14-5-2-1-3-6-14/h1-3,5-6,8-9,11-12,19-20,24H,4,7,10,13H2,(H2,23,26)(H,27,28). The van der Waals surface area contributed by atoms with Crippen molar-refractivity contribution in [3.63, 3.8) is 0 Å². The van der Waals surface area contributed by atoms with E-state index in [4.69, 9.17) is 10.5 Å². The maximum absolute atomic E-state index is 12.1. The van der Waals surface area contributed by atoms with Gasteiger partial charge in [-0.05, 0) is 30.5 Å². The van der Waals surface area contributed by atoms with E-state index in [0.29, 0.717) is 30.9 Å². The molecule has 1 fully saturated rings. The number of aliphatic carboxylic acids is 1. The van der Waals surface area contributed by atoms with Gasteiger partial charge >= 0.3 is 5.97 Å². The fourth-order valence-electron chi connectivity index (χ4n) is 4.04. The fourth-order valence-corrected chi connectivity index (χ4v) is 4.04. The van der Waals surface area contributed by atoms with Gasteiger partial charge < -0.3 is 20.6 Å². The number of likely N-dealkylation sites (tertiary alicyclic amines) is 1. The molecule has 4 rings (SSSR count). The highest BCUT2D eigenvalue weighted by atomic mass is 16.5. The predicted molar refractivity (Wildman–Crippen MR) is 108 cm³/mol. The van der Waals surface area contributed by atoms with Crippen LogP contribution in [0.3, 0.4) is 0 Å². The Morgan fingerprint density at radius 3 is 2.76 bits per heavy atom. The Labute approximate surface area is 168 Å². The summed E-state index contributed by atoms with van der Waals surface area (Å²) < 4.78 is 5.86. The normalized spacial score (nSPS) is 18.0. The second-order valence-corrected chi connectivity index (χ2v) is 7.26. The number of amides is 1. The summed E-state index contributed by atoms with van der Waals surface area (Å²) in [5.74, 6) is -0.786. The third-order valence-corrected chi connectivity index (χ3v) is 5.42. The van der Waals surface area contributed by atoms with E-state index in [1.165, 1.54) is 0 Å². The molecular weight excluding hydrogens is 370 g/mol. The molecule has 0 spiro atoms. The van der Waals surface area contributed by atoms with E-state index in [2.05, 4.69) is 4.98 Å². The van der Waals surface area contributed by atoms with Crippen molar-refractivity contribution >= 4 is 22.8 Å². The number of nitrogens with two attached hydrogens (primary N) is 1. The lowest BCUT2D eigenvalue weighted by Gasteiger charge is -2.28. The number of primary amides is 1. The number of H-pyrrole nitrogens is 1. The Hall–Kier alpha value is -3.32. The van der Waals surface area contributed by atoms with Crippen LogP contribution in [0.4, 0.5) is 0 Å². The maximum atomic E-state index is 12.1. The third-order valence-electron chi connectivity index (χ3n) is 5.42. The molecule has 0 aliphatic carbocycles. The van der Waals surface area contributed by atoms with Gasteiger partial charge in [-0.1, -0.05) is 30.3 Å². The first-order chi connectivity index (χ1) is 14.0. The zero-order valence-electron chi connectivity index (χ0n) is 15.9. The number of rotatable bonds is 7. The Kier molecular flexibility index (Phi) is 5.22. The number of carboxylic acids is 1. The van der Waals surface area contributed by atoms with Gasteiger partial charge in [0.2, 0.25) is 5.91 Å². The highest BCUT2D eigenvalue weighted by Crippen LogP contribution is 2.35. The molecule has 0 bridgehead atoms. The van der Waals surface area contributed by atoms with E-state index in [0.717, 1.165) is 22.9 Å². The van der Waals surface area contributed by atoms with Crippen molar-refractivity contribution in [2.75, 3.05) is 6.54 Å². The summed E-state index contributed by atoms with van der Waals surface area (Å²) in [6.45, 7) is 0.973. The number of fused-ring (bicyclic) bond motifs is 1. The van der Waals surface area contributed by atoms with Crippen molar-refractivity contribution < 1.29 is 19.4 Å². The molecule has 2 atom stereocenters. The van der Waals surface area contributed by atoms with E-state index < -0.39 is 24.0 Å². The van der Waals surface area contributed by atoms with Gasteiger partial charge in [0.25, 0.3) is 0 Å². The molecule has 4 N–H and O–H groups in total. The lowest BCUT2D eigenvalue weighted by atomic mass is 10.0. The molecule has 3 aromatic rings. The van der Waals surface area contributed by atoms with Crippen LogP contribution in [-0.2, 0) is 16.2 Å². The van der Waals surface area contributed by atoms with Crippen molar-refractivity contribution in [1.82, 2.24) is 9.88 Å². The molecule has 0 saturated carbocycles. The first-order valence-electron chi connectivity index (χ1n) is 9.60. The number of carbonyl (C=O) groups excluding carboxylic acids is 1. The number of ether oxygens (including phenoxy) is 1. The maximum Gasteiger partial charge on any atom is 0.325 e. The first-order valence-corrected chi connectivity index (χ1v) is 9.60. The second-order valence-electron chi connectivity index (χ2n) is 7.26. The molecule has 7 heteroatoms. The molecule has 1 amide bonds. The monoisotopic (exact) mass is 393 g/mol. The number of hydrogen-bond acceptors (Lipinski definition) is 4. The summed E-state index contributed by atoms with van der Waals surface area (Å²) in [6.07, 6.45) is 3.02. The lowest BCUT2D eigenvalue weighted by molar-refractivity contribution is -0.144. The summed E-state index contributed by atoms with van der Waals surface area (Å²) in [4.78, 5) is 28.7. The van der Waals surface area contributed by atoms with Crippen LogP contribution in [0, 0.1) is 0 Å². The van der Waals surface area contributed by atoms with E-state index in [1.807, 2.05) is 48.5 Å². The van der Waals surface area contributed by atoms with Crippen LogP contribution in [0.1, 0.15) is 30.0 Å². The molecule has 1 aromatic heterocycles. The largest absolute Gasteiger partial charge is 0.489 e. The number of aromatic amines is 1. The molecular formula is C22H23N3O4. The minimum atomic E-state index is -0.997. The van der Waals surface area contributed by atoms with Gasteiger partial charge in [-0.2, -0.15) is 0 Å². The van der Waals surface area contributed by atoms with Crippen LogP contribution in [-0.4, -0.2) is 39.5 Å². The highest BCUT2D eigenvalue weighted by Gasteiger charge is 2.39. The lowest BCUT2D eigenvalue weighted by Crippen LogP contribution is -2.44. The van der Waals surface area contributed by atoms with Crippen LogP contribution >= 0.6 is 0 Å². The second kappa shape index (κ2) is 7.97. The summed E-state index contributed by atoms with van der Waals surface area (Å²) in [6, 6.07) is 13.9. The van der Waals surface area contributed by atoms with Crippen LogP contribution in [0.2, 0.25) is 0 Å². The van der Waals surface area contributed by atoms with Crippen LogP contribution in [0.25, 0.3) is 10.9 Å². The van der Waals surface area contributed by atoms with Gasteiger partial charge in [-0.3, -0.25) is 14.5 Å². The molecule has 150 valence electrons. The van der Waals surface area contributed by atoms with Gasteiger partial charge in [0.15, 0.2) is 0 Å². The van der Waals surface area contributed by atoms with Crippen molar-refractivity contribution in [3.05, 3.63) is 65.9 Å². The number of nitrogens with one attached hydrogen (secondary N) is 1. The van der Waals surface area contributed by atoms with Crippen LogP contribution < -0.4 is 10.5 Å². The van der Waals surface area contributed by atoms with Gasteiger partial charge in [0, 0.05) is 35.3 Å². The van der Waals surface area contributed by atoms with Crippen LogP contribution in [0.5, 0.6) is 5.75 Å². The first kappa shape index (κ1) is 19.0. The molecule has 7 nitrogen and oxygen atoms in total. The third kappa shape index (κ3) is 3.82. The predicted octanol–water partition coefficient (Wildman–Crippen LogP) is 2.82. The average molecular weight is 393 g/mol. The Morgan fingerprint density at radius 2 is 2.03 bits per heavy atom. The topological polar surface area (TPSA) is 109 Å². The molecule has 1 aliphatic heterocycles. The van der Waals surface area contributed by atoms with Gasteiger partial charge in [-0.15, -0.1) is 0 Å². The number of carbonyl (C=O) groups is 2. The number of carboxylic acid groups (broad SMARTS) is 1. The molecule has 2 unspecified atom stereocenters. The minimum Gasteiger partial charge on any atom is -0.489 e.